The fraction of sp³-hybridized carbons (Fsp3) is 0.190. The third-order valence-electron chi connectivity index (χ3n) is 4.33. The van der Waals surface area contributed by atoms with E-state index in [0.29, 0.717) is 33.8 Å². The van der Waals surface area contributed by atoms with Crippen LogP contribution in [0.5, 0.6) is 11.5 Å². The molecule has 0 saturated carbocycles. The van der Waals surface area contributed by atoms with Gasteiger partial charge in [-0.3, -0.25) is 9.69 Å². The summed E-state index contributed by atoms with van der Waals surface area (Å²) in [7, 11) is 3.12. The third-order valence-corrected chi connectivity index (χ3v) is 5.96. The first-order valence-electron chi connectivity index (χ1n) is 8.93. The molecule has 0 aromatic heterocycles. The van der Waals surface area contributed by atoms with E-state index < -0.39 is 5.97 Å². The van der Waals surface area contributed by atoms with Crippen LogP contribution in [0.15, 0.2) is 50.8 Å². The molecule has 1 fully saturated rings. The van der Waals surface area contributed by atoms with E-state index in [1.807, 2.05) is 13.0 Å². The molecular weight excluding hydrogens is 472 g/mol. The van der Waals surface area contributed by atoms with Gasteiger partial charge in [-0.05, 0) is 71.0 Å². The Morgan fingerprint density at radius 2 is 1.87 bits per heavy atom. The number of amides is 1. The summed E-state index contributed by atoms with van der Waals surface area (Å²) >= 11 is 4.71. The molecule has 1 aliphatic rings. The molecule has 3 rings (SSSR count). The van der Waals surface area contributed by atoms with Gasteiger partial charge in [-0.1, -0.05) is 0 Å². The van der Waals surface area contributed by atoms with Crippen LogP contribution in [-0.2, 0) is 4.79 Å². The standard InChI is InChI=1S/C21H19BrN2O5S/c1-4-24-19(25)18(10-13-9-15(22)17(29-3)11-16(13)28-2)30-21(24)23-14-7-5-12(6-8-14)20(26)27/h5-11H,4H2,1-3H3,(H,26,27)/b18-10+,23-21?. The molecule has 0 atom stereocenters. The molecule has 1 aliphatic heterocycles. The smallest absolute Gasteiger partial charge is 0.335 e. The van der Waals surface area contributed by atoms with E-state index in [-0.39, 0.29) is 11.5 Å². The Morgan fingerprint density at radius 3 is 2.43 bits per heavy atom. The second-order valence-corrected chi connectivity index (χ2v) is 8.00. The van der Waals surface area contributed by atoms with Crippen molar-refractivity contribution < 1.29 is 24.2 Å². The zero-order valence-electron chi connectivity index (χ0n) is 16.5. The lowest BCUT2D eigenvalue weighted by atomic mass is 10.1. The van der Waals surface area contributed by atoms with Crippen LogP contribution in [0, 0.1) is 0 Å². The van der Waals surface area contributed by atoms with E-state index in [0.717, 1.165) is 10.0 Å². The van der Waals surface area contributed by atoms with Crippen LogP contribution in [0.1, 0.15) is 22.8 Å². The third kappa shape index (κ3) is 4.52. The zero-order chi connectivity index (χ0) is 21.8. The molecule has 1 heterocycles. The van der Waals surface area contributed by atoms with Gasteiger partial charge in [0.25, 0.3) is 5.91 Å². The predicted molar refractivity (Wildman–Crippen MR) is 121 cm³/mol. The van der Waals surface area contributed by atoms with E-state index in [1.165, 1.54) is 23.9 Å². The Kier molecular flexibility index (Phi) is 6.84. The van der Waals surface area contributed by atoms with Crippen molar-refractivity contribution in [2.45, 2.75) is 6.92 Å². The van der Waals surface area contributed by atoms with Gasteiger partial charge in [-0.15, -0.1) is 0 Å². The van der Waals surface area contributed by atoms with Crippen molar-refractivity contribution in [3.63, 3.8) is 0 Å². The molecule has 156 valence electrons. The van der Waals surface area contributed by atoms with Gasteiger partial charge in [-0.2, -0.15) is 0 Å². The van der Waals surface area contributed by atoms with Crippen molar-refractivity contribution in [1.82, 2.24) is 4.90 Å². The van der Waals surface area contributed by atoms with Crippen molar-refractivity contribution in [3.05, 3.63) is 56.9 Å². The molecule has 0 unspecified atom stereocenters. The molecule has 0 spiro atoms. The molecule has 1 N–H and O–H groups in total. The van der Waals surface area contributed by atoms with Crippen molar-refractivity contribution in [1.29, 1.82) is 0 Å². The summed E-state index contributed by atoms with van der Waals surface area (Å²) in [6.45, 7) is 2.33. The van der Waals surface area contributed by atoms with Crippen molar-refractivity contribution in [3.8, 4) is 11.5 Å². The number of aliphatic imine (C=N–C) groups is 1. The van der Waals surface area contributed by atoms with Gasteiger partial charge in [0.1, 0.15) is 11.5 Å². The van der Waals surface area contributed by atoms with Gasteiger partial charge in [0.2, 0.25) is 0 Å². The van der Waals surface area contributed by atoms with E-state index in [1.54, 1.807) is 43.4 Å². The molecule has 0 aliphatic carbocycles. The number of ether oxygens (including phenoxy) is 2. The minimum absolute atomic E-state index is 0.155. The Labute approximate surface area is 186 Å². The number of nitrogens with zero attached hydrogens (tertiary/aromatic N) is 2. The molecule has 2 aromatic carbocycles. The summed E-state index contributed by atoms with van der Waals surface area (Å²) in [5.74, 6) is 0.0484. The average molecular weight is 491 g/mol. The van der Waals surface area contributed by atoms with Crippen LogP contribution in [0.3, 0.4) is 0 Å². The number of thioether (sulfide) groups is 1. The highest BCUT2D eigenvalue weighted by Crippen LogP contribution is 2.38. The van der Waals surface area contributed by atoms with Gasteiger partial charge >= 0.3 is 5.97 Å². The number of halogens is 1. The zero-order valence-corrected chi connectivity index (χ0v) is 18.9. The topological polar surface area (TPSA) is 88.4 Å². The number of methoxy groups -OCH3 is 2. The van der Waals surface area contributed by atoms with E-state index in [9.17, 15) is 9.59 Å². The predicted octanol–water partition coefficient (Wildman–Crippen LogP) is 4.79. The molecule has 0 bridgehead atoms. The molecular formula is C21H19BrN2O5S. The van der Waals surface area contributed by atoms with Crippen LogP contribution < -0.4 is 9.47 Å². The molecule has 2 aromatic rings. The highest BCUT2D eigenvalue weighted by molar-refractivity contribution is 9.10. The van der Waals surface area contributed by atoms with Gasteiger partial charge < -0.3 is 14.6 Å². The summed E-state index contributed by atoms with van der Waals surface area (Å²) in [6.07, 6.45) is 1.76. The lowest BCUT2D eigenvalue weighted by Gasteiger charge is -2.12. The number of carbonyl (C=O) groups is 2. The van der Waals surface area contributed by atoms with Crippen molar-refractivity contribution >= 4 is 56.5 Å². The SMILES string of the molecule is CCN1C(=O)/C(=C\c2cc(Br)c(OC)cc2OC)SC1=Nc1ccc(C(=O)O)cc1. The largest absolute Gasteiger partial charge is 0.496 e. The summed E-state index contributed by atoms with van der Waals surface area (Å²) in [5.41, 5.74) is 1.48. The lowest BCUT2D eigenvalue weighted by Crippen LogP contribution is -2.28. The van der Waals surface area contributed by atoms with Crippen LogP contribution in [0.25, 0.3) is 6.08 Å². The van der Waals surface area contributed by atoms with Gasteiger partial charge in [0, 0.05) is 18.2 Å². The first-order valence-corrected chi connectivity index (χ1v) is 10.5. The fourth-order valence-electron chi connectivity index (χ4n) is 2.80. The highest BCUT2D eigenvalue weighted by atomic mass is 79.9. The lowest BCUT2D eigenvalue weighted by molar-refractivity contribution is -0.122. The monoisotopic (exact) mass is 490 g/mol. The number of amidine groups is 1. The van der Waals surface area contributed by atoms with Crippen molar-refractivity contribution in [2.75, 3.05) is 20.8 Å². The van der Waals surface area contributed by atoms with Gasteiger partial charge in [-0.25, -0.2) is 9.79 Å². The number of hydrogen-bond acceptors (Lipinski definition) is 6. The molecule has 30 heavy (non-hydrogen) atoms. The van der Waals surface area contributed by atoms with Crippen LogP contribution in [0.2, 0.25) is 0 Å². The van der Waals surface area contributed by atoms with Gasteiger partial charge in [0.15, 0.2) is 5.17 Å². The summed E-state index contributed by atoms with van der Waals surface area (Å²) in [6, 6.07) is 9.76. The molecule has 0 radical (unpaired) electrons. The minimum atomic E-state index is -1.00. The highest BCUT2D eigenvalue weighted by Gasteiger charge is 2.32. The van der Waals surface area contributed by atoms with Crippen LogP contribution in [-0.4, -0.2) is 47.8 Å². The number of rotatable bonds is 6. The number of benzene rings is 2. The maximum absolute atomic E-state index is 12.9. The first kappa shape index (κ1) is 21.9. The quantitative estimate of drug-likeness (QED) is 0.585. The number of carbonyl (C=O) groups excluding carboxylic acids is 1. The van der Waals surface area contributed by atoms with E-state index >= 15 is 0 Å². The van der Waals surface area contributed by atoms with Crippen LogP contribution >= 0.6 is 27.7 Å². The maximum atomic E-state index is 12.9. The number of aromatic carboxylic acids is 1. The molecule has 7 nitrogen and oxygen atoms in total. The Balaban J connectivity index is 1.96. The molecule has 1 saturated heterocycles. The summed E-state index contributed by atoms with van der Waals surface area (Å²) in [4.78, 5) is 30.5. The number of hydrogen-bond donors (Lipinski definition) is 1. The average Bonchev–Trinajstić information content (AvgIpc) is 3.02. The number of carboxylic acid groups (broad SMARTS) is 1. The van der Waals surface area contributed by atoms with Crippen LogP contribution in [0.4, 0.5) is 5.69 Å². The minimum Gasteiger partial charge on any atom is -0.496 e. The summed E-state index contributed by atoms with van der Waals surface area (Å²) in [5, 5.41) is 9.55. The number of carboxylic acids is 1. The second-order valence-electron chi connectivity index (χ2n) is 6.14. The normalized spacial score (nSPS) is 16.4. The fourth-order valence-corrected chi connectivity index (χ4v) is 4.37. The van der Waals surface area contributed by atoms with Gasteiger partial charge in [0.05, 0.1) is 34.8 Å². The molecule has 9 heteroatoms. The first-order chi connectivity index (χ1) is 14.4. The number of likely N-dealkylation sites (N-methyl/N-ethyl adjacent to an activating group) is 1. The Hall–Kier alpha value is -2.78. The van der Waals surface area contributed by atoms with Crippen molar-refractivity contribution in [2.24, 2.45) is 4.99 Å². The Bertz CT molecular complexity index is 1050. The van der Waals surface area contributed by atoms with E-state index in [2.05, 4.69) is 20.9 Å². The second kappa shape index (κ2) is 9.36. The maximum Gasteiger partial charge on any atom is 0.335 e. The molecule has 1 amide bonds. The Morgan fingerprint density at radius 1 is 1.20 bits per heavy atom. The van der Waals surface area contributed by atoms with E-state index in [4.69, 9.17) is 14.6 Å². The summed E-state index contributed by atoms with van der Waals surface area (Å²) < 4.78 is 11.5.